The van der Waals surface area contributed by atoms with Crippen molar-refractivity contribution in [3.63, 3.8) is 0 Å². The summed E-state index contributed by atoms with van der Waals surface area (Å²) in [6, 6.07) is 16.3. The van der Waals surface area contributed by atoms with E-state index in [-0.39, 0.29) is 10.6 Å². The number of thiazole rings is 1. The van der Waals surface area contributed by atoms with E-state index in [4.69, 9.17) is 5.14 Å². The van der Waals surface area contributed by atoms with Crippen molar-refractivity contribution in [2.24, 2.45) is 5.14 Å². The molecule has 9 nitrogen and oxygen atoms in total. The van der Waals surface area contributed by atoms with E-state index in [0.717, 1.165) is 28.0 Å². The number of sulfonamides is 1. The highest BCUT2D eigenvalue weighted by Gasteiger charge is 2.19. The van der Waals surface area contributed by atoms with Gasteiger partial charge in [-0.05, 0) is 36.4 Å². The van der Waals surface area contributed by atoms with Crippen LogP contribution >= 0.6 is 11.3 Å². The number of rotatable bonds is 6. The van der Waals surface area contributed by atoms with Gasteiger partial charge in [0.1, 0.15) is 10.7 Å². The average molecular weight is 454 g/mol. The molecule has 0 amide bonds. The number of hydrogen-bond donors (Lipinski definition) is 2. The zero-order valence-electron chi connectivity index (χ0n) is 15.8. The van der Waals surface area contributed by atoms with E-state index in [2.05, 4.69) is 15.3 Å². The topological polar surface area (TPSA) is 141 Å². The predicted molar refractivity (Wildman–Crippen MR) is 119 cm³/mol. The molecule has 0 atom stereocenters. The molecule has 2 heterocycles. The van der Waals surface area contributed by atoms with Crippen LogP contribution in [0.3, 0.4) is 0 Å². The van der Waals surface area contributed by atoms with Crippen molar-refractivity contribution < 1.29 is 13.3 Å². The van der Waals surface area contributed by atoms with E-state index in [9.17, 15) is 18.5 Å². The highest BCUT2D eigenvalue weighted by molar-refractivity contribution is 7.89. The van der Waals surface area contributed by atoms with Crippen molar-refractivity contribution in [3.05, 3.63) is 82.4 Å². The molecule has 156 valence electrons. The molecule has 4 rings (SSSR count). The molecule has 3 N–H and O–H groups in total. The van der Waals surface area contributed by atoms with Gasteiger partial charge in [-0.2, -0.15) is 0 Å². The monoisotopic (exact) mass is 453 g/mol. The summed E-state index contributed by atoms with van der Waals surface area (Å²) in [4.78, 5) is 19.4. The van der Waals surface area contributed by atoms with Gasteiger partial charge >= 0.3 is 0 Å². The fraction of sp³-hybridized carbons (Fsp3) is 0. The highest BCUT2D eigenvalue weighted by Crippen LogP contribution is 2.32. The molecule has 0 fully saturated rings. The molecule has 0 unspecified atom stereocenters. The SMILES string of the molecule is NS(=O)(=O)c1ccc(Nc2cccc(-c3csc(-c4ccccn4)n3)c2)c([N+](=O)[O-])c1. The maximum absolute atomic E-state index is 11.5. The van der Waals surface area contributed by atoms with Crippen LogP contribution in [-0.4, -0.2) is 23.3 Å². The third-order valence-electron chi connectivity index (χ3n) is 4.32. The van der Waals surface area contributed by atoms with Gasteiger partial charge in [0.2, 0.25) is 10.0 Å². The first kappa shape index (κ1) is 20.6. The molecular formula is C20H15N5O4S2. The molecular weight excluding hydrogens is 438 g/mol. The summed E-state index contributed by atoms with van der Waals surface area (Å²) in [5.41, 5.74) is 2.65. The Labute approximate surface area is 181 Å². The van der Waals surface area contributed by atoms with Crippen LogP contribution in [0.2, 0.25) is 0 Å². The molecule has 4 aromatic rings. The number of nitro benzene ring substituents is 1. The van der Waals surface area contributed by atoms with Crippen LogP contribution in [0.25, 0.3) is 22.0 Å². The molecule has 11 heteroatoms. The zero-order valence-corrected chi connectivity index (χ0v) is 17.4. The van der Waals surface area contributed by atoms with Gasteiger partial charge in [-0.1, -0.05) is 18.2 Å². The number of primary sulfonamides is 1. The maximum atomic E-state index is 11.5. The molecule has 2 aromatic heterocycles. The van der Waals surface area contributed by atoms with Gasteiger partial charge in [-0.15, -0.1) is 11.3 Å². The normalized spacial score (nSPS) is 11.3. The second-order valence-corrected chi connectivity index (χ2v) is 8.86. The van der Waals surface area contributed by atoms with Crippen LogP contribution < -0.4 is 10.5 Å². The summed E-state index contributed by atoms with van der Waals surface area (Å²) in [6.45, 7) is 0. The molecule has 2 aromatic carbocycles. The number of aromatic nitrogens is 2. The van der Waals surface area contributed by atoms with Crippen LogP contribution in [-0.2, 0) is 10.0 Å². The molecule has 0 aliphatic heterocycles. The number of anilines is 2. The molecule has 0 radical (unpaired) electrons. The van der Waals surface area contributed by atoms with Gasteiger partial charge in [0.05, 0.1) is 21.2 Å². The first-order chi connectivity index (χ1) is 14.8. The number of nitrogens with one attached hydrogen (secondary N) is 1. The summed E-state index contributed by atoms with van der Waals surface area (Å²) in [5.74, 6) is 0. The van der Waals surface area contributed by atoms with E-state index >= 15 is 0 Å². The second kappa shape index (κ2) is 8.22. The van der Waals surface area contributed by atoms with Crippen LogP contribution in [0.5, 0.6) is 0 Å². The largest absolute Gasteiger partial charge is 0.350 e. The average Bonchev–Trinajstić information content (AvgIpc) is 3.24. The lowest BCUT2D eigenvalue weighted by Gasteiger charge is -2.09. The lowest BCUT2D eigenvalue weighted by Crippen LogP contribution is -2.12. The standard InChI is InChI=1S/C20H15N5O4S2/c21-31(28,29)15-7-8-16(19(11-15)25(26)27)23-14-5-3-4-13(10-14)18-12-30-20(24-18)17-6-1-2-9-22-17/h1-12,23H,(H2,21,28,29). The quantitative estimate of drug-likeness (QED) is 0.330. The van der Waals surface area contributed by atoms with Crippen molar-refractivity contribution in [3.8, 4) is 22.0 Å². The van der Waals surface area contributed by atoms with Gasteiger partial charge in [0, 0.05) is 28.9 Å². The molecule has 31 heavy (non-hydrogen) atoms. The Balaban J connectivity index is 1.64. The van der Waals surface area contributed by atoms with Crippen molar-refractivity contribution in [1.29, 1.82) is 0 Å². The summed E-state index contributed by atoms with van der Waals surface area (Å²) in [7, 11) is -4.06. The summed E-state index contributed by atoms with van der Waals surface area (Å²) in [5, 5.41) is 22.2. The molecule has 0 saturated heterocycles. The Bertz CT molecular complexity index is 1370. The number of benzene rings is 2. The minimum absolute atomic E-state index is 0.141. The van der Waals surface area contributed by atoms with Crippen LogP contribution in [0.1, 0.15) is 0 Å². The fourth-order valence-corrected chi connectivity index (χ4v) is 4.21. The lowest BCUT2D eigenvalue weighted by atomic mass is 10.1. The van der Waals surface area contributed by atoms with Gasteiger partial charge < -0.3 is 5.32 Å². The molecule has 0 spiro atoms. The van der Waals surface area contributed by atoms with Gasteiger partial charge in [-0.3, -0.25) is 15.1 Å². The van der Waals surface area contributed by atoms with Crippen LogP contribution in [0.15, 0.2) is 77.1 Å². The smallest absolute Gasteiger partial charge is 0.294 e. The van der Waals surface area contributed by atoms with E-state index in [1.807, 2.05) is 29.6 Å². The molecule has 0 bridgehead atoms. The van der Waals surface area contributed by atoms with Gasteiger partial charge in [0.15, 0.2) is 0 Å². The zero-order chi connectivity index (χ0) is 22.0. The predicted octanol–water partition coefficient (Wildman–Crippen LogP) is 4.17. The Morgan fingerprint density at radius 3 is 2.58 bits per heavy atom. The minimum Gasteiger partial charge on any atom is -0.350 e. The molecule has 0 aliphatic carbocycles. The number of nitrogens with two attached hydrogens (primary N) is 1. The molecule has 0 saturated carbocycles. The van der Waals surface area contributed by atoms with E-state index in [1.165, 1.54) is 23.5 Å². The number of pyridine rings is 1. The third-order valence-corrected chi connectivity index (χ3v) is 6.10. The van der Waals surface area contributed by atoms with Crippen molar-refractivity contribution in [2.75, 3.05) is 5.32 Å². The number of nitrogens with zero attached hydrogens (tertiary/aromatic N) is 3. The van der Waals surface area contributed by atoms with E-state index in [1.54, 1.807) is 24.4 Å². The van der Waals surface area contributed by atoms with E-state index < -0.39 is 20.6 Å². The van der Waals surface area contributed by atoms with Crippen molar-refractivity contribution in [1.82, 2.24) is 9.97 Å². The van der Waals surface area contributed by atoms with Crippen molar-refractivity contribution >= 4 is 38.4 Å². The summed E-state index contributed by atoms with van der Waals surface area (Å²) >= 11 is 1.47. The van der Waals surface area contributed by atoms with Crippen molar-refractivity contribution in [2.45, 2.75) is 4.90 Å². The van der Waals surface area contributed by atoms with Crippen LogP contribution in [0.4, 0.5) is 17.1 Å². The Kier molecular flexibility index (Phi) is 5.46. The highest BCUT2D eigenvalue weighted by atomic mass is 32.2. The maximum Gasteiger partial charge on any atom is 0.294 e. The minimum atomic E-state index is -4.06. The number of nitro groups is 1. The molecule has 0 aliphatic rings. The fourth-order valence-electron chi connectivity index (χ4n) is 2.87. The van der Waals surface area contributed by atoms with E-state index in [0.29, 0.717) is 5.69 Å². The Morgan fingerprint density at radius 1 is 1.03 bits per heavy atom. The lowest BCUT2D eigenvalue weighted by molar-refractivity contribution is -0.384. The third kappa shape index (κ3) is 4.58. The second-order valence-electron chi connectivity index (χ2n) is 6.44. The number of hydrogen-bond acceptors (Lipinski definition) is 8. The van der Waals surface area contributed by atoms with Gasteiger partial charge in [0.25, 0.3) is 5.69 Å². The first-order valence-corrected chi connectivity index (χ1v) is 11.3. The Hall–Kier alpha value is -3.67. The summed E-state index contributed by atoms with van der Waals surface area (Å²) in [6.07, 6.45) is 1.70. The Morgan fingerprint density at radius 2 is 1.87 bits per heavy atom. The van der Waals surface area contributed by atoms with Crippen LogP contribution in [0, 0.1) is 10.1 Å². The summed E-state index contributed by atoms with van der Waals surface area (Å²) < 4.78 is 23.0. The van der Waals surface area contributed by atoms with Gasteiger partial charge in [-0.25, -0.2) is 18.5 Å². The first-order valence-electron chi connectivity index (χ1n) is 8.87.